The summed E-state index contributed by atoms with van der Waals surface area (Å²) in [5, 5.41) is 14.2. The lowest BCUT2D eigenvalue weighted by Gasteiger charge is -2.30. The second-order valence-electron chi connectivity index (χ2n) is 5.43. The van der Waals surface area contributed by atoms with Crippen LogP contribution in [0.25, 0.3) is 10.6 Å². The second kappa shape index (κ2) is 5.96. The van der Waals surface area contributed by atoms with Gasteiger partial charge in [0.2, 0.25) is 0 Å². The van der Waals surface area contributed by atoms with Crippen LogP contribution in [0, 0.1) is 0 Å². The number of amides is 1. The van der Waals surface area contributed by atoms with E-state index >= 15 is 0 Å². The van der Waals surface area contributed by atoms with Gasteiger partial charge < -0.3 is 9.42 Å². The van der Waals surface area contributed by atoms with Crippen LogP contribution >= 0.6 is 11.3 Å². The van der Waals surface area contributed by atoms with E-state index in [2.05, 4.69) is 15.4 Å². The summed E-state index contributed by atoms with van der Waals surface area (Å²) in [5.74, 6) is 0.558. The molecule has 4 rings (SSSR count). The number of piperidine rings is 1. The highest BCUT2D eigenvalue weighted by molar-refractivity contribution is 7.13. The zero-order chi connectivity index (χ0) is 15.6. The molecule has 4 heterocycles. The molecular weight excluding hydrogens is 314 g/mol. The van der Waals surface area contributed by atoms with Gasteiger partial charge in [0, 0.05) is 19.2 Å². The smallest absolute Gasteiger partial charge is 0.276 e. The van der Waals surface area contributed by atoms with Crippen LogP contribution in [0.2, 0.25) is 0 Å². The first-order chi connectivity index (χ1) is 11.3. The van der Waals surface area contributed by atoms with Gasteiger partial charge in [0.05, 0.1) is 23.3 Å². The van der Waals surface area contributed by atoms with Crippen LogP contribution < -0.4 is 0 Å². The highest BCUT2D eigenvalue weighted by Crippen LogP contribution is 2.26. The largest absolute Gasteiger partial charge is 0.355 e. The molecule has 1 amide bonds. The number of carbonyl (C=O) groups is 1. The van der Waals surface area contributed by atoms with E-state index in [1.165, 1.54) is 0 Å². The van der Waals surface area contributed by atoms with Crippen molar-refractivity contribution in [2.75, 3.05) is 13.1 Å². The number of aromatic nitrogens is 4. The number of rotatable bonds is 3. The zero-order valence-corrected chi connectivity index (χ0v) is 13.1. The van der Waals surface area contributed by atoms with Crippen molar-refractivity contribution in [3.8, 4) is 10.6 Å². The zero-order valence-electron chi connectivity index (χ0n) is 12.3. The van der Waals surface area contributed by atoms with Crippen molar-refractivity contribution >= 4 is 17.2 Å². The third kappa shape index (κ3) is 2.77. The number of hydrogen-bond donors (Lipinski definition) is 0. The molecule has 0 radical (unpaired) electrons. The molecule has 23 heavy (non-hydrogen) atoms. The average molecular weight is 329 g/mol. The van der Waals surface area contributed by atoms with Crippen molar-refractivity contribution in [3.63, 3.8) is 0 Å². The van der Waals surface area contributed by atoms with Gasteiger partial charge in [0.1, 0.15) is 0 Å². The summed E-state index contributed by atoms with van der Waals surface area (Å²) < 4.78 is 5.29. The normalized spacial score (nSPS) is 15.9. The fraction of sp³-hybridized carbons (Fsp3) is 0.333. The van der Waals surface area contributed by atoms with E-state index in [0.29, 0.717) is 24.5 Å². The molecule has 0 aliphatic carbocycles. The van der Waals surface area contributed by atoms with Crippen LogP contribution in [-0.4, -0.2) is 44.0 Å². The van der Waals surface area contributed by atoms with E-state index < -0.39 is 0 Å². The Morgan fingerprint density at radius 3 is 2.74 bits per heavy atom. The maximum atomic E-state index is 12.5. The first-order valence-corrected chi connectivity index (χ1v) is 8.35. The molecule has 0 saturated carbocycles. The molecule has 1 aliphatic rings. The Balaban J connectivity index is 1.42. The molecule has 0 bridgehead atoms. The van der Waals surface area contributed by atoms with E-state index in [0.717, 1.165) is 17.7 Å². The van der Waals surface area contributed by atoms with Gasteiger partial charge in [0.25, 0.3) is 5.91 Å². The minimum Gasteiger partial charge on any atom is -0.355 e. The van der Waals surface area contributed by atoms with Crippen molar-refractivity contribution in [2.45, 2.75) is 18.9 Å². The standard InChI is InChI=1S/C15H15N5O2S/c21-15(12-10-13(22-18-12)14-2-1-9-23-14)19-7-3-11(4-8-19)20-16-5-6-17-20/h1-2,5-6,9-11H,3-4,7-8H2. The number of thiophene rings is 1. The fourth-order valence-corrected chi connectivity index (χ4v) is 3.46. The third-order valence-electron chi connectivity index (χ3n) is 4.01. The summed E-state index contributed by atoms with van der Waals surface area (Å²) in [6, 6.07) is 5.86. The van der Waals surface area contributed by atoms with Gasteiger partial charge in [-0.2, -0.15) is 15.0 Å². The summed E-state index contributed by atoms with van der Waals surface area (Å²) in [6.07, 6.45) is 5.05. The predicted octanol–water partition coefficient (Wildman–Crippen LogP) is 2.47. The summed E-state index contributed by atoms with van der Waals surface area (Å²) in [4.78, 5) is 17.1. The van der Waals surface area contributed by atoms with E-state index in [-0.39, 0.29) is 11.9 Å². The summed E-state index contributed by atoms with van der Waals surface area (Å²) in [7, 11) is 0. The molecule has 7 nitrogen and oxygen atoms in total. The Labute approximate surface area is 136 Å². The van der Waals surface area contributed by atoms with Gasteiger partial charge in [-0.25, -0.2) is 0 Å². The monoisotopic (exact) mass is 329 g/mol. The molecule has 3 aromatic heterocycles. The molecule has 1 saturated heterocycles. The highest BCUT2D eigenvalue weighted by atomic mass is 32.1. The van der Waals surface area contributed by atoms with Gasteiger partial charge >= 0.3 is 0 Å². The summed E-state index contributed by atoms with van der Waals surface area (Å²) in [6.45, 7) is 1.35. The lowest BCUT2D eigenvalue weighted by atomic mass is 10.1. The van der Waals surface area contributed by atoms with Gasteiger partial charge in [-0.05, 0) is 24.3 Å². The van der Waals surface area contributed by atoms with Crippen molar-refractivity contribution in [3.05, 3.63) is 41.7 Å². The Bertz CT molecular complexity index is 773. The molecule has 0 N–H and O–H groups in total. The van der Waals surface area contributed by atoms with Crippen molar-refractivity contribution < 1.29 is 9.32 Å². The summed E-state index contributed by atoms with van der Waals surface area (Å²) >= 11 is 1.56. The highest BCUT2D eigenvalue weighted by Gasteiger charge is 2.27. The lowest BCUT2D eigenvalue weighted by molar-refractivity contribution is 0.0673. The fourth-order valence-electron chi connectivity index (χ4n) is 2.79. The molecule has 1 fully saturated rings. The molecule has 0 atom stereocenters. The Hall–Kier alpha value is -2.48. The van der Waals surface area contributed by atoms with Gasteiger partial charge in [-0.15, -0.1) is 11.3 Å². The Morgan fingerprint density at radius 2 is 2.04 bits per heavy atom. The number of likely N-dealkylation sites (tertiary alicyclic amines) is 1. The molecule has 118 valence electrons. The Morgan fingerprint density at radius 1 is 1.26 bits per heavy atom. The summed E-state index contributed by atoms with van der Waals surface area (Å²) in [5.41, 5.74) is 0.365. The Kier molecular flexibility index (Phi) is 3.66. The van der Waals surface area contributed by atoms with Crippen LogP contribution in [0.5, 0.6) is 0 Å². The quantitative estimate of drug-likeness (QED) is 0.738. The van der Waals surface area contributed by atoms with Crippen molar-refractivity contribution in [1.29, 1.82) is 0 Å². The van der Waals surface area contributed by atoms with Crippen LogP contribution in [-0.2, 0) is 0 Å². The van der Waals surface area contributed by atoms with E-state index in [4.69, 9.17) is 4.52 Å². The minimum absolute atomic E-state index is 0.0802. The van der Waals surface area contributed by atoms with E-state index in [1.807, 2.05) is 22.4 Å². The number of carbonyl (C=O) groups excluding carboxylic acids is 1. The predicted molar refractivity (Wildman–Crippen MR) is 84.0 cm³/mol. The van der Waals surface area contributed by atoms with E-state index in [9.17, 15) is 4.79 Å². The SMILES string of the molecule is O=C(c1cc(-c2cccs2)on1)N1CCC(n2nccn2)CC1. The topological polar surface area (TPSA) is 77.0 Å². The molecule has 3 aromatic rings. The van der Waals surface area contributed by atoms with Gasteiger partial charge in [0.15, 0.2) is 11.5 Å². The number of nitrogens with zero attached hydrogens (tertiary/aromatic N) is 5. The second-order valence-corrected chi connectivity index (χ2v) is 6.37. The number of hydrogen-bond acceptors (Lipinski definition) is 6. The first-order valence-electron chi connectivity index (χ1n) is 7.47. The molecule has 0 aromatic carbocycles. The first kappa shape index (κ1) is 14.1. The van der Waals surface area contributed by atoms with Crippen LogP contribution in [0.1, 0.15) is 29.4 Å². The molecule has 8 heteroatoms. The molecule has 1 aliphatic heterocycles. The molecule has 0 spiro atoms. The maximum Gasteiger partial charge on any atom is 0.276 e. The van der Waals surface area contributed by atoms with Crippen LogP contribution in [0.3, 0.4) is 0 Å². The molecular formula is C15H15N5O2S. The molecule has 0 unspecified atom stereocenters. The van der Waals surface area contributed by atoms with Crippen LogP contribution in [0.4, 0.5) is 0 Å². The van der Waals surface area contributed by atoms with Crippen LogP contribution in [0.15, 0.2) is 40.5 Å². The van der Waals surface area contributed by atoms with Gasteiger partial charge in [-0.3, -0.25) is 4.79 Å². The van der Waals surface area contributed by atoms with Gasteiger partial charge in [-0.1, -0.05) is 11.2 Å². The van der Waals surface area contributed by atoms with Crippen molar-refractivity contribution in [2.24, 2.45) is 0 Å². The lowest BCUT2D eigenvalue weighted by Crippen LogP contribution is -2.39. The van der Waals surface area contributed by atoms with E-state index in [1.54, 1.807) is 34.6 Å². The average Bonchev–Trinajstić information content (AvgIpc) is 3.36. The minimum atomic E-state index is -0.0802. The maximum absolute atomic E-state index is 12.5. The van der Waals surface area contributed by atoms with Crippen molar-refractivity contribution in [1.82, 2.24) is 25.1 Å². The third-order valence-corrected chi connectivity index (χ3v) is 4.89.